The Labute approximate surface area is 97.4 Å². The van der Waals surface area contributed by atoms with Gasteiger partial charge < -0.3 is 9.84 Å². The van der Waals surface area contributed by atoms with Crippen LogP contribution in [0.3, 0.4) is 0 Å². The molecule has 16 heavy (non-hydrogen) atoms. The van der Waals surface area contributed by atoms with Crippen LogP contribution in [0.1, 0.15) is 35.3 Å². The van der Waals surface area contributed by atoms with Gasteiger partial charge in [-0.05, 0) is 18.8 Å². The predicted octanol–water partition coefficient (Wildman–Crippen LogP) is 1.93. The van der Waals surface area contributed by atoms with Crippen molar-refractivity contribution in [3.8, 4) is 0 Å². The first-order chi connectivity index (χ1) is 7.61. The number of aromatic carboxylic acids is 1. The van der Waals surface area contributed by atoms with Crippen LogP contribution in [0.5, 0.6) is 0 Å². The standard InChI is InChI=1S/C10H11ClN2O3/c1-16-8(5-2-3-5)9-12-6(10(14)15)4-7(11)13-9/h4-5,8H,2-3H2,1H3,(H,14,15). The fraction of sp³-hybridized carbons (Fsp3) is 0.500. The molecule has 86 valence electrons. The molecule has 6 heteroatoms. The normalized spacial score (nSPS) is 17.1. The van der Waals surface area contributed by atoms with E-state index in [1.54, 1.807) is 7.11 Å². The molecule has 0 saturated heterocycles. The summed E-state index contributed by atoms with van der Waals surface area (Å²) in [5.74, 6) is -0.379. The third-order valence-corrected chi connectivity index (χ3v) is 2.68. The highest BCUT2D eigenvalue weighted by Crippen LogP contribution is 2.41. The van der Waals surface area contributed by atoms with Gasteiger partial charge in [0.15, 0.2) is 11.5 Å². The van der Waals surface area contributed by atoms with Gasteiger partial charge in [0.1, 0.15) is 11.3 Å². The number of methoxy groups -OCH3 is 1. The summed E-state index contributed by atoms with van der Waals surface area (Å²) in [6.07, 6.45) is 1.85. The molecule has 5 nitrogen and oxygen atoms in total. The molecule has 1 atom stereocenters. The maximum absolute atomic E-state index is 10.8. The van der Waals surface area contributed by atoms with Crippen LogP contribution in [0.4, 0.5) is 0 Å². The Kier molecular flexibility index (Phi) is 3.07. The van der Waals surface area contributed by atoms with Crippen molar-refractivity contribution >= 4 is 17.6 Å². The molecule has 1 fully saturated rings. The molecule has 2 rings (SSSR count). The first-order valence-corrected chi connectivity index (χ1v) is 5.30. The lowest BCUT2D eigenvalue weighted by Gasteiger charge is -2.13. The van der Waals surface area contributed by atoms with E-state index in [4.69, 9.17) is 21.4 Å². The van der Waals surface area contributed by atoms with E-state index in [1.165, 1.54) is 6.07 Å². The van der Waals surface area contributed by atoms with E-state index in [9.17, 15) is 4.79 Å². The van der Waals surface area contributed by atoms with Gasteiger partial charge in [-0.3, -0.25) is 0 Å². The second-order valence-electron chi connectivity index (χ2n) is 3.73. The van der Waals surface area contributed by atoms with Gasteiger partial charge in [-0.1, -0.05) is 11.6 Å². The molecule has 1 N–H and O–H groups in total. The van der Waals surface area contributed by atoms with Crippen molar-refractivity contribution in [3.05, 3.63) is 22.7 Å². The van der Waals surface area contributed by atoms with Crippen molar-refractivity contribution in [2.45, 2.75) is 18.9 Å². The Morgan fingerprint density at radius 3 is 2.81 bits per heavy atom. The van der Waals surface area contributed by atoms with Gasteiger partial charge in [0.2, 0.25) is 0 Å². The Bertz CT molecular complexity index is 421. The SMILES string of the molecule is COC(c1nc(Cl)cc(C(=O)O)n1)C1CC1. The fourth-order valence-electron chi connectivity index (χ4n) is 1.58. The van der Waals surface area contributed by atoms with Crippen molar-refractivity contribution in [2.75, 3.05) is 7.11 Å². The molecule has 1 aliphatic rings. The van der Waals surface area contributed by atoms with Crippen molar-refractivity contribution in [2.24, 2.45) is 5.92 Å². The van der Waals surface area contributed by atoms with Gasteiger partial charge in [-0.25, -0.2) is 14.8 Å². The molecule has 1 aromatic rings. The van der Waals surface area contributed by atoms with E-state index >= 15 is 0 Å². The molecule has 0 radical (unpaired) electrons. The molecular formula is C10H11ClN2O3. The van der Waals surface area contributed by atoms with Crippen LogP contribution in [0.25, 0.3) is 0 Å². The Morgan fingerprint density at radius 2 is 2.31 bits per heavy atom. The number of ether oxygens (including phenoxy) is 1. The van der Waals surface area contributed by atoms with Crippen LogP contribution < -0.4 is 0 Å². The Hall–Kier alpha value is -1.20. The quantitative estimate of drug-likeness (QED) is 0.817. The fourth-order valence-corrected chi connectivity index (χ4v) is 1.77. The van der Waals surface area contributed by atoms with Crippen molar-refractivity contribution < 1.29 is 14.6 Å². The first-order valence-electron chi connectivity index (χ1n) is 4.92. The third-order valence-electron chi connectivity index (χ3n) is 2.49. The van der Waals surface area contributed by atoms with Gasteiger partial charge in [0.05, 0.1) is 0 Å². The summed E-state index contributed by atoms with van der Waals surface area (Å²) >= 11 is 5.75. The lowest BCUT2D eigenvalue weighted by atomic mass is 10.2. The minimum Gasteiger partial charge on any atom is -0.477 e. The maximum Gasteiger partial charge on any atom is 0.354 e. The number of hydrogen-bond donors (Lipinski definition) is 1. The monoisotopic (exact) mass is 242 g/mol. The summed E-state index contributed by atoms with van der Waals surface area (Å²) in [5.41, 5.74) is -0.0994. The van der Waals surface area contributed by atoms with Gasteiger partial charge >= 0.3 is 5.97 Å². The number of hydrogen-bond acceptors (Lipinski definition) is 4. The molecule has 1 aromatic heterocycles. The molecule has 1 heterocycles. The number of halogens is 1. The van der Waals surface area contributed by atoms with Gasteiger partial charge in [-0.15, -0.1) is 0 Å². The van der Waals surface area contributed by atoms with Gasteiger partial charge in [-0.2, -0.15) is 0 Å². The summed E-state index contributed by atoms with van der Waals surface area (Å²) in [5, 5.41) is 8.98. The predicted molar refractivity (Wildman–Crippen MR) is 56.5 cm³/mol. The molecule has 0 aliphatic heterocycles. The highest BCUT2D eigenvalue weighted by Gasteiger charge is 2.34. The number of carboxylic acids is 1. The molecule has 0 bridgehead atoms. The number of aromatic nitrogens is 2. The van der Waals surface area contributed by atoms with Crippen molar-refractivity contribution in [1.82, 2.24) is 9.97 Å². The molecule has 1 saturated carbocycles. The Morgan fingerprint density at radius 1 is 1.62 bits per heavy atom. The molecule has 1 aliphatic carbocycles. The van der Waals surface area contributed by atoms with Gasteiger partial charge in [0, 0.05) is 13.2 Å². The molecular weight excluding hydrogens is 232 g/mol. The van der Waals surface area contributed by atoms with Crippen LogP contribution in [0, 0.1) is 5.92 Å². The highest BCUT2D eigenvalue weighted by molar-refractivity contribution is 6.29. The minimum atomic E-state index is -1.11. The summed E-state index contributed by atoms with van der Waals surface area (Å²) in [6, 6.07) is 1.23. The average Bonchev–Trinajstić information content (AvgIpc) is 3.02. The van der Waals surface area contributed by atoms with Gasteiger partial charge in [0.25, 0.3) is 0 Å². The number of nitrogens with zero attached hydrogens (tertiary/aromatic N) is 2. The van der Waals surface area contributed by atoms with Crippen LogP contribution >= 0.6 is 11.6 Å². The average molecular weight is 243 g/mol. The molecule has 0 spiro atoms. The second-order valence-corrected chi connectivity index (χ2v) is 4.12. The van der Waals surface area contributed by atoms with E-state index in [2.05, 4.69) is 9.97 Å². The van der Waals surface area contributed by atoms with Crippen LogP contribution in [0.2, 0.25) is 5.15 Å². The van der Waals surface area contributed by atoms with E-state index in [0.29, 0.717) is 11.7 Å². The zero-order chi connectivity index (χ0) is 11.7. The smallest absolute Gasteiger partial charge is 0.354 e. The highest BCUT2D eigenvalue weighted by atomic mass is 35.5. The van der Waals surface area contributed by atoms with Crippen LogP contribution in [-0.2, 0) is 4.74 Å². The Balaban J connectivity index is 2.35. The van der Waals surface area contributed by atoms with E-state index in [1.807, 2.05) is 0 Å². The minimum absolute atomic E-state index is 0.0994. The number of rotatable bonds is 4. The van der Waals surface area contributed by atoms with E-state index in [0.717, 1.165) is 12.8 Å². The van der Waals surface area contributed by atoms with Crippen LogP contribution in [0.15, 0.2) is 6.07 Å². The lowest BCUT2D eigenvalue weighted by molar-refractivity contribution is 0.0674. The second kappa shape index (κ2) is 4.35. The van der Waals surface area contributed by atoms with Crippen molar-refractivity contribution in [1.29, 1.82) is 0 Å². The zero-order valence-corrected chi connectivity index (χ0v) is 9.44. The summed E-state index contributed by atoms with van der Waals surface area (Å²) in [7, 11) is 1.56. The molecule has 0 aromatic carbocycles. The first kappa shape index (κ1) is 11.3. The summed E-state index contributed by atoms with van der Waals surface area (Å²) in [6.45, 7) is 0. The number of carbonyl (C=O) groups is 1. The summed E-state index contributed by atoms with van der Waals surface area (Å²) in [4.78, 5) is 18.8. The van der Waals surface area contributed by atoms with Crippen molar-refractivity contribution in [3.63, 3.8) is 0 Å². The van der Waals surface area contributed by atoms with E-state index in [-0.39, 0.29) is 17.0 Å². The third kappa shape index (κ3) is 2.31. The largest absolute Gasteiger partial charge is 0.477 e. The number of carboxylic acid groups (broad SMARTS) is 1. The zero-order valence-electron chi connectivity index (χ0n) is 8.68. The lowest BCUT2D eigenvalue weighted by Crippen LogP contribution is -2.12. The maximum atomic E-state index is 10.8. The summed E-state index contributed by atoms with van der Waals surface area (Å²) < 4.78 is 5.27. The van der Waals surface area contributed by atoms with Crippen LogP contribution in [-0.4, -0.2) is 28.2 Å². The van der Waals surface area contributed by atoms with E-state index < -0.39 is 5.97 Å². The topological polar surface area (TPSA) is 72.3 Å². The molecule has 0 amide bonds. The molecule has 1 unspecified atom stereocenters.